The quantitative estimate of drug-likeness (QED) is 0.817. The van der Waals surface area contributed by atoms with Gasteiger partial charge in [-0.25, -0.2) is 0 Å². The number of carbonyl (C=O) groups is 1. The van der Waals surface area contributed by atoms with Gasteiger partial charge in [0.05, 0.1) is 5.54 Å². The zero-order valence-corrected chi connectivity index (χ0v) is 11.1. The molecule has 92 valence electrons. The van der Waals surface area contributed by atoms with Crippen molar-refractivity contribution in [3.63, 3.8) is 0 Å². The predicted octanol–water partition coefficient (Wildman–Crippen LogP) is 3.36. The molecule has 0 amide bonds. The van der Waals surface area contributed by atoms with E-state index < -0.39 is 5.54 Å². The van der Waals surface area contributed by atoms with E-state index in [0.29, 0.717) is 10.6 Å². The first-order chi connectivity index (χ1) is 8.03. The molecule has 2 rings (SSSR count). The largest absolute Gasteiger partial charge is 0.305 e. The Morgan fingerprint density at radius 3 is 2.76 bits per heavy atom. The van der Waals surface area contributed by atoms with E-state index in [-0.39, 0.29) is 5.78 Å². The minimum absolute atomic E-state index is 0.152. The van der Waals surface area contributed by atoms with Crippen LogP contribution in [-0.2, 0) is 0 Å². The van der Waals surface area contributed by atoms with Crippen LogP contribution in [0.25, 0.3) is 0 Å². The van der Waals surface area contributed by atoms with Crippen LogP contribution in [0, 0.1) is 6.92 Å². The standard InChI is InChI=1S/C14H18ClNO/c1-10-5-6-11(9-12(10)15)13(17)14(2)7-3-4-8-16-14/h5-6,9,16H,3-4,7-8H2,1-2H3. The second-order valence-electron chi connectivity index (χ2n) is 5.01. The maximum absolute atomic E-state index is 12.5. The summed E-state index contributed by atoms with van der Waals surface area (Å²) in [5.74, 6) is 0.152. The van der Waals surface area contributed by atoms with E-state index >= 15 is 0 Å². The molecule has 0 saturated carbocycles. The molecular weight excluding hydrogens is 234 g/mol. The minimum atomic E-state index is -0.420. The molecule has 0 radical (unpaired) electrons. The average molecular weight is 252 g/mol. The van der Waals surface area contributed by atoms with Gasteiger partial charge in [-0.2, -0.15) is 0 Å². The monoisotopic (exact) mass is 251 g/mol. The Morgan fingerprint density at radius 1 is 1.41 bits per heavy atom. The van der Waals surface area contributed by atoms with Crippen molar-refractivity contribution in [3.8, 4) is 0 Å². The van der Waals surface area contributed by atoms with E-state index in [1.54, 1.807) is 6.07 Å². The van der Waals surface area contributed by atoms with Crippen LogP contribution < -0.4 is 5.32 Å². The number of aryl methyl sites for hydroxylation is 1. The molecule has 1 unspecified atom stereocenters. The van der Waals surface area contributed by atoms with Crippen LogP contribution in [0.2, 0.25) is 5.02 Å². The van der Waals surface area contributed by atoms with Crippen LogP contribution in [0.1, 0.15) is 42.1 Å². The highest BCUT2D eigenvalue weighted by Crippen LogP contribution is 2.25. The highest BCUT2D eigenvalue weighted by atomic mass is 35.5. The molecular formula is C14H18ClNO. The number of hydrogen-bond acceptors (Lipinski definition) is 2. The van der Waals surface area contributed by atoms with Crippen LogP contribution in [0.15, 0.2) is 18.2 Å². The van der Waals surface area contributed by atoms with Crippen LogP contribution in [0.4, 0.5) is 0 Å². The molecule has 3 heteroatoms. The van der Waals surface area contributed by atoms with E-state index in [0.717, 1.165) is 31.4 Å². The lowest BCUT2D eigenvalue weighted by Gasteiger charge is -2.33. The summed E-state index contributed by atoms with van der Waals surface area (Å²) in [5, 5.41) is 4.00. The normalized spacial score (nSPS) is 24.6. The van der Waals surface area contributed by atoms with Crippen LogP contribution in [0.5, 0.6) is 0 Å². The maximum atomic E-state index is 12.5. The van der Waals surface area contributed by atoms with Gasteiger partial charge in [0.1, 0.15) is 0 Å². The van der Waals surface area contributed by atoms with E-state index in [1.165, 1.54) is 0 Å². The highest BCUT2D eigenvalue weighted by molar-refractivity contribution is 6.31. The number of piperidine rings is 1. The summed E-state index contributed by atoms with van der Waals surface area (Å²) in [4.78, 5) is 12.5. The van der Waals surface area contributed by atoms with Gasteiger partial charge in [0.25, 0.3) is 0 Å². The lowest BCUT2D eigenvalue weighted by atomic mass is 9.83. The fraction of sp³-hybridized carbons (Fsp3) is 0.500. The molecule has 1 N–H and O–H groups in total. The Kier molecular flexibility index (Phi) is 3.55. The smallest absolute Gasteiger partial charge is 0.182 e. The van der Waals surface area contributed by atoms with E-state index in [4.69, 9.17) is 11.6 Å². The first-order valence-electron chi connectivity index (χ1n) is 6.09. The second-order valence-corrected chi connectivity index (χ2v) is 5.42. The minimum Gasteiger partial charge on any atom is -0.305 e. The van der Waals surface area contributed by atoms with Gasteiger partial charge in [-0.1, -0.05) is 23.7 Å². The molecule has 0 aromatic heterocycles. The zero-order chi connectivity index (χ0) is 12.5. The second kappa shape index (κ2) is 4.79. The van der Waals surface area contributed by atoms with Gasteiger partial charge >= 0.3 is 0 Å². The summed E-state index contributed by atoms with van der Waals surface area (Å²) in [6.45, 7) is 4.85. The lowest BCUT2D eigenvalue weighted by molar-refractivity contribution is 0.0835. The summed E-state index contributed by atoms with van der Waals surface area (Å²) in [6.07, 6.45) is 3.16. The topological polar surface area (TPSA) is 29.1 Å². The van der Waals surface area contributed by atoms with Gasteiger partial charge in [-0.05, 0) is 51.3 Å². The van der Waals surface area contributed by atoms with Crippen LogP contribution in [0.3, 0.4) is 0 Å². The number of Topliss-reactive ketones (excluding diaryl/α,β-unsaturated/α-hetero) is 1. The Hall–Kier alpha value is -0.860. The summed E-state index contributed by atoms with van der Waals surface area (Å²) >= 11 is 6.07. The molecule has 0 aliphatic carbocycles. The molecule has 1 aromatic carbocycles. The van der Waals surface area contributed by atoms with Crippen molar-refractivity contribution < 1.29 is 4.79 Å². The van der Waals surface area contributed by atoms with E-state index in [1.807, 2.05) is 26.0 Å². The third-order valence-corrected chi connectivity index (χ3v) is 3.96. The number of benzene rings is 1. The first kappa shape index (κ1) is 12.6. The maximum Gasteiger partial charge on any atom is 0.182 e. The van der Waals surface area contributed by atoms with Crippen molar-refractivity contribution in [2.45, 2.75) is 38.6 Å². The zero-order valence-electron chi connectivity index (χ0n) is 10.3. The van der Waals surface area contributed by atoms with Gasteiger partial charge in [0.2, 0.25) is 0 Å². The first-order valence-corrected chi connectivity index (χ1v) is 6.47. The fourth-order valence-corrected chi connectivity index (χ4v) is 2.48. The summed E-state index contributed by atoms with van der Waals surface area (Å²) in [6, 6.07) is 5.55. The van der Waals surface area contributed by atoms with E-state index in [2.05, 4.69) is 5.32 Å². The number of rotatable bonds is 2. The van der Waals surface area contributed by atoms with Crippen molar-refractivity contribution in [1.82, 2.24) is 5.32 Å². The summed E-state index contributed by atoms with van der Waals surface area (Å²) in [7, 11) is 0. The summed E-state index contributed by atoms with van der Waals surface area (Å²) in [5.41, 5.74) is 1.29. The van der Waals surface area contributed by atoms with Gasteiger partial charge in [-0.15, -0.1) is 0 Å². The number of hydrogen-bond donors (Lipinski definition) is 1. The number of ketones is 1. The van der Waals surface area contributed by atoms with Gasteiger partial charge in [-0.3, -0.25) is 4.79 Å². The predicted molar refractivity (Wildman–Crippen MR) is 70.8 cm³/mol. The molecule has 0 bridgehead atoms. The molecule has 1 aliphatic rings. The Morgan fingerprint density at radius 2 is 2.18 bits per heavy atom. The molecule has 0 spiro atoms. The van der Waals surface area contributed by atoms with Crippen molar-refractivity contribution in [3.05, 3.63) is 34.3 Å². The van der Waals surface area contributed by atoms with Crippen molar-refractivity contribution >= 4 is 17.4 Å². The lowest BCUT2D eigenvalue weighted by Crippen LogP contribution is -2.52. The fourth-order valence-electron chi connectivity index (χ4n) is 2.30. The number of carbonyl (C=O) groups excluding carboxylic acids is 1. The molecule has 1 fully saturated rings. The molecule has 1 atom stereocenters. The van der Waals surface area contributed by atoms with Crippen molar-refractivity contribution in [1.29, 1.82) is 0 Å². The Labute approximate surface area is 107 Å². The Balaban J connectivity index is 2.26. The molecule has 1 saturated heterocycles. The SMILES string of the molecule is Cc1ccc(C(=O)C2(C)CCCCN2)cc1Cl. The van der Waals surface area contributed by atoms with Crippen LogP contribution >= 0.6 is 11.6 Å². The number of nitrogens with one attached hydrogen (secondary N) is 1. The van der Waals surface area contributed by atoms with Gasteiger partial charge in [0.15, 0.2) is 5.78 Å². The Bertz CT molecular complexity index is 436. The third kappa shape index (κ3) is 2.53. The molecule has 2 nitrogen and oxygen atoms in total. The average Bonchev–Trinajstić information content (AvgIpc) is 2.33. The van der Waals surface area contributed by atoms with Crippen molar-refractivity contribution in [2.24, 2.45) is 0 Å². The molecule has 1 aromatic rings. The molecule has 1 heterocycles. The number of halogens is 1. The van der Waals surface area contributed by atoms with Crippen LogP contribution in [-0.4, -0.2) is 17.9 Å². The third-order valence-electron chi connectivity index (χ3n) is 3.55. The highest BCUT2D eigenvalue weighted by Gasteiger charge is 2.34. The van der Waals surface area contributed by atoms with Crippen molar-refractivity contribution in [2.75, 3.05) is 6.54 Å². The van der Waals surface area contributed by atoms with Gasteiger partial charge < -0.3 is 5.32 Å². The molecule has 17 heavy (non-hydrogen) atoms. The van der Waals surface area contributed by atoms with Gasteiger partial charge in [0, 0.05) is 10.6 Å². The summed E-state index contributed by atoms with van der Waals surface area (Å²) < 4.78 is 0. The molecule has 1 aliphatic heterocycles. The van der Waals surface area contributed by atoms with E-state index in [9.17, 15) is 4.79 Å².